The normalized spacial score (nSPS) is 21.6. The molecule has 1 aromatic heterocycles. The van der Waals surface area contributed by atoms with Gasteiger partial charge in [-0.05, 0) is 30.2 Å². The van der Waals surface area contributed by atoms with Crippen molar-refractivity contribution in [1.82, 2.24) is 14.0 Å². The van der Waals surface area contributed by atoms with E-state index >= 15 is 0 Å². The number of Topliss-reactive ketones (excluding diaryl/α,β-unsaturated/α-hetero) is 1. The summed E-state index contributed by atoms with van der Waals surface area (Å²) in [6.07, 6.45) is 6.01. The Morgan fingerprint density at radius 1 is 1.27 bits per heavy atom. The zero-order valence-corrected chi connectivity index (χ0v) is 13.0. The van der Waals surface area contributed by atoms with E-state index in [-0.39, 0.29) is 12.0 Å². The zero-order chi connectivity index (χ0) is 15.1. The highest BCUT2D eigenvalue weighted by atomic mass is 35.5. The Morgan fingerprint density at radius 2 is 2.05 bits per heavy atom. The first-order valence-electron chi connectivity index (χ1n) is 7.78. The van der Waals surface area contributed by atoms with Gasteiger partial charge in [0.05, 0.1) is 24.3 Å². The molecule has 1 unspecified atom stereocenters. The molecule has 2 aromatic rings. The fourth-order valence-corrected chi connectivity index (χ4v) is 3.86. The lowest BCUT2D eigenvalue weighted by molar-refractivity contribution is -0.124. The van der Waals surface area contributed by atoms with Crippen molar-refractivity contribution in [2.75, 3.05) is 13.1 Å². The predicted octanol–water partition coefficient (Wildman–Crippen LogP) is 3.28. The van der Waals surface area contributed by atoms with Crippen molar-refractivity contribution in [2.24, 2.45) is 5.92 Å². The number of halogens is 1. The fourth-order valence-electron chi connectivity index (χ4n) is 3.67. The van der Waals surface area contributed by atoms with Gasteiger partial charge in [0, 0.05) is 31.0 Å². The fraction of sp³-hybridized carbons (Fsp3) is 0.412. The van der Waals surface area contributed by atoms with Crippen LogP contribution in [0.2, 0.25) is 0 Å². The number of rotatable bonds is 3. The molecule has 0 aliphatic carbocycles. The minimum atomic E-state index is 0.0928. The summed E-state index contributed by atoms with van der Waals surface area (Å²) in [4.78, 5) is 17.0. The van der Waals surface area contributed by atoms with Gasteiger partial charge in [0.2, 0.25) is 0 Å². The van der Waals surface area contributed by atoms with Gasteiger partial charge in [0.15, 0.2) is 0 Å². The van der Waals surface area contributed by atoms with Gasteiger partial charge < -0.3 is 4.57 Å². The van der Waals surface area contributed by atoms with Crippen LogP contribution in [-0.4, -0.2) is 32.8 Å². The van der Waals surface area contributed by atoms with Crippen LogP contribution in [0.15, 0.2) is 36.8 Å². The quantitative estimate of drug-likeness (QED) is 0.816. The first-order valence-corrected chi connectivity index (χ1v) is 8.12. The number of hydrogen-bond acceptors (Lipinski definition) is 3. The summed E-state index contributed by atoms with van der Waals surface area (Å²) < 4.78 is 3.92. The van der Waals surface area contributed by atoms with Crippen molar-refractivity contribution in [3.63, 3.8) is 0 Å². The Bertz CT molecular complexity index is 703. The van der Waals surface area contributed by atoms with Gasteiger partial charge in [-0.1, -0.05) is 24.3 Å². The van der Waals surface area contributed by atoms with Crippen LogP contribution < -0.4 is 0 Å². The summed E-state index contributed by atoms with van der Waals surface area (Å²) in [5.41, 5.74) is 3.56. The molecule has 0 N–H and O–H groups in total. The molecule has 4 rings (SSSR count). The molecule has 0 spiro atoms. The molecule has 2 aliphatic rings. The van der Waals surface area contributed by atoms with E-state index in [0.29, 0.717) is 12.2 Å². The third kappa shape index (κ3) is 2.27. The number of fused-ring (bicyclic) bond motifs is 3. The van der Waals surface area contributed by atoms with Gasteiger partial charge in [0.25, 0.3) is 0 Å². The number of imidazole rings is 1. The van der Waals surface area contributed by atoms with Crippen LogP contribution in [0.5, 0.6) is 0 Å². The highest BCUT2D eigenvalue weighted by molar-refractivity contribution is 6.13. The Morgan fingerprint density at radius 3 is 2.86 bits per heavy atom. The van der Waals surface area contributed by atoms with E-state index in [9.17, 15) is 4.79 Å². The van der Waals surface area contributed by atoms with Crippen LogP contribution in [0, 0.1) is 5.92 Å². The van der Waals surface area contributed by atoms with E-state index in [1.165, 1.54) is 11.1 Å². The monoisotopic (exact) mass is 315 g/mol. The molecule has 0 amide bonds. The van der Waals surface area contributed by atoms with Crippen LogP contribution in [0.1, 0.15) is 30.9 Å². The summed E-state index contributed by atoms with van der Waals surface area (Å²) in [7, 11) is 0. The Balaban J connectivity index is 1.57. The molecule has 1 fully saturated rings. The highest BCUT2D eigenvalue weighted by Gasteiger charge is 2.32. The van der Waals surface area contributed by atoms with Crippen molar-refractivity contribution in [3.05, 3.63) is 42.4 Å². The summed E-state index contributed by atoms with van der Waals surface area (Å²) in [6, 6.07) is 8.41. The summed E-state index contributed by atoms with van der Waals surface area (Å²) >= 11 is 5.99. The number of ketones is 1. The smallest absolute Gasteiger partial charge is 0.138 e. The van der Waals surface area contributed by atoms with E-state index < -0.39 is 0 Å². The molecule has 22 heavy (non-hydrogen) atoms. The Hall–Kier alpha value is -1.65. The molecule has 1 saturated heterocycles. The maximum Gasteiger partial charge on any atom is 0.138 e. The van der Waals surface area contributed by atoms with Crippen molar-refractivity contribution >= 4 is 17.6 Å². The molecule has 114 valence electrons. The van der Waals surface area contributed by atoms with Gasteiger partial charge in [0.1, 0.15) is 5.78 Å². The molecule has 3 heterocycles. The number of hydrogen-bond donors (Lipinski definition) is 0. The summed E-state index contributed by atoms with van der Waals surface area (Å²) in [5.74, 6) is 0.501. The van der Waals surface area contributed by atoms with Crippen LogP contribution >= 0.6 is 11.8 Å². The standard InChI is InChI=1S/C17H18ClN3O/c18-20-7-5-12(6-8-20)17(22)9-15-13-3-1-2-4-14(13)16-10-19-11-21(15)16/h1-4,10-12,15H,5-9H2. The highest BCUT2D eigenvalue weighted by Crippen LogP contribution is 2.41. The number of carbonyl (C=O) groups is 1. The van der Waals surface area contributed by atoms with Crippen LogP contribution in [-0.2, 0) is 4.79 Å². The molecule has 0 radical (unpaired) electrons. The van der Waals surface area contributed by atoms with Crippen LogP contribution in [0.25, 0.3) is 11.3 Å². The van der Waals surface area contributed by atoms with Gasteiger partial charge in [-0.15, -0.1) is 0 Å². The molecule has 2 aliphatic heterocycles. The minimum absolute atomic E-state index is 0.0928. The third-order valence-corrected chi connectivity index (χ3v) is 5.23. The predicted molar refractivity (Wildman–Crippen MR) is 85.6 cm³/mol. The first-order chi connectivity index (χ1) is 10.7. The number of benzene rings is 1. The average molecular weight is 316 g/mol. The number of nitrogens with zero attached hydrogens (tertiary/aromatic N) is 3. The van der Waals surface area contributed by atoms with E-state index in [1.54, 1.807) is 4.42 Å². The second kappa shape index (κ2) is 5.52. The molecule has 0 saturated carbocycles. The van der Waals surface area contributed by atoms with Gasteiger partial charge >= 0.3 is 0 Å². The Kier molecular flexibility index (Phi) is 3.51. The summed E-state index contributed by atoms with van der Waals surface area (Å²) in [6.45, 7) is 1.60. The SMILES string of the molecule is O=C(CC1c2ccccc2-c2cncn21)C1CCN(Cl)CC1. The van der Waals surface area contributed by atoms with E-state index in [4.69, 9.17) is 11.8 Å². The topological polar surface area (TPSA) is 38.1 Å². The number of aromatic nitrogens is 2. The molecule has 1 aromatic carbocycles. The Labute approximate surface area is 134 Å². The number of piperidine rings is 1. The van der Waals surface area contributed by atoms with Crippen LogP contribution in [0.3, 0.4) is 0 Å². The van der Waals surface area contributed by atoms with Crippen molar-refractivity contribution in [1.29, 1.82) is 0 Å². The molecular weight excluding hydrogens is 298 g/mol. The number of carbonyl (C=O) groups excluding carboxylic acids is 1. The minimum Gasteiger partial charge on any atom is -0.323 e. The summed E-state index contributed by atoms with van der Waals surface area (Å²) in [5, 5.41) is 0. The molecule has 5 heteroatoms. The van der Waals surface area contributed by atoms with Crippen molar-refractivity contribution < 1.29 is 4.79 Å². The van der Waals surface area contributed by atoms with Gasteiger partial charge in [-0.2, -0.15) is 0 Å². The first kappa shape index (κ1) is 14.0. The molecule has 4 nitrogen and oxygen atoms in total. The third-order valence-electron chi connectivity index (χ3n) is 4.89. The second-order valence-corrected chi connectivity index (χ2v) is 6.62. The van der Waals surface area contributed by atoms with E-state index in [2.05, 4.69) is 21.7 Å². The van der Waals surface area contributed by atoms with Gasteiger partial charge in [-0.25, -0.2) is 9.40 Å². The lowest BCUT2D eigenvalue weighted by atomic mass is 9.88. The van der Waals surface area contributed by atoms with Gasteiger partial charge in [-0.3, -0.25) is 4.79 Å². The average Bonchev–Trinajstić information content (AvgIpc) is 3.11. The maximum absolute atomic E-state index is 12.7. The van der Waals surface area contributed by atoms with E-state index in [1.807, 2.05) is 24.7 Å². The van der Waals surface area contributed by atoms with Crippen LogP contribution in [0.4, 0.5) is 0 Å². The zero-order valence-electron chi connectivity index (χ0n) is 12.3. The molecule has 0 bridgehead atoms. The lowest BCUT2D eigenvalue weighted by Crippen LogP contribution is -2.31. The van der Waals surface area contributed by atoms with E-state index in [0.717, 1.165) is 31.6 Å². The second-order valence-electron chi connectivity index (χ2n) is 6.14. The molecule has 1 atom stereocenters. The maximum atomic E-state index is 12.7. The largest absolute Gasteiger partial charge is 0.323 e. The van der Waals surface area contributed by atoms with Crippen molar-refractivity contribution in [3.8, 4) is 11.3 Å². The lowest BCUT2D eigenvalue weighted by Gasteiger charge is -2.27. The molecular formula is C17H18ClN3O. The van der Waals surface area contributed by atoms with Crippen molar-refractivity contribution in [2.45, 2.75) is 25.3 Å².